The predicted octanol–water partition coefficient (Wildman–Crippen LogP) is 4.02. The number of carbonyl (C=O) groups is 1. The first-order valence-electron chi connectivity index (χ1n) is 7.11. The van der Waals surface area contributed by atoms with Gasteiger partial charge in [0.2, 0.25) is 0 Å². The largest absolute Gasteiger partial charge is 0.305 e. The van der Waals surface area contributed by atoms with Crippen molar-refractivity contribution in [3.63, 3.8) is 0 Å². The summed E-state index contributed by atoms with van der Waals surface area (Å²) in [5, 5.41) is 0.461. The molecule has 1 aromatic carbocycles. The molecule has 1 aliphatic heterocycles. The van der Waals surface area contributed by atoms with Gasteiger partial charge in [-0.25, -0.2) is 0 Å². The SMILES string of the molecule is Cc1cc(Cl)c(C(=O)N2c3ccccc3CCC2C)cn1. The molecule has 2 heterocycles. The number of hydrogen-bond acceptors (Lipinski definition) is 2. The van der Waals surface area contributed by atoms with Crippen molar-refractivity contribution >= 4 is 23.2 Å². The number of aromatic nitrogens is 1. The van der Waals surface area contributed by atoms with E-state index < -0.39 is 0 Å². The highest BCUT2D eigenvalue weighted by Crippen LogP contribution is 2.32. The molecule has 21 heavy (non-hydrogen) atoms. The second-order valence-electron chi connectivity index (χ2n) is 5.50. The summed E-state index contributed by atoms with van der Waals surface area (Å²) in [4.78, 5) is 19.0. The molecule has 0 radical (unpaired) electrons. The van der Waals surface area contributed by atoms with Crippen LogP contribution in [-0.2, 0) is 6.42 Å². The molecule has 3 nitrogen and oxygen atoms in total. The number of benzene rings is 1. The molecule has 108 valence electrons. The maximum Gasteiger partial charge on any atom is 0.261 e. The lowest BCUT2D eigenvalue weighted by Crippen LogP contribution is -2.42. The maximum absolute atomic E-state index is 12.9. The lowest BCUT2D eigenvalue weighted by atomic mass is 9.96. The Morgan fingerprint density at radius 3 is 2.90 bits per heavy atom. The van der Waals surface area contributed by atoms with Gasteiger partial charge in [-0.3, -0.25) is 9.78 Å². The Morgan fingerprint density at radius 2 is 2.14 bits per heavy atom. The summed E-state index contributed by atoms with van der Waals surface area (Å²) < 4.78 is 0. The Kier molecular flexibility index (Phi) is 3.68. The molecule has 0 N–H and O–H groups in total. The van der Waals surface area contributed by atoms with E-state index in [2.05, 4.69) is 18.0 Å². The standard InChI is InChI=1S/C17H17ClN2O/c1-11-9-15(18)14(10-19-11)17(21)20-12(2)7-8-13-5-3-4-6-16(13)20/h3-6,9-10,12H,7-8H2,1-2H3. The van der Waals surface area contributed by atoms with Crippen molar-refractivity contribution in [3.05, 3.63) is 58.4 Å². The number of rotatable bonds is 1. The summed E-state index contributed by atoms with van der Waals surface area (Å²) in [6.07, 6.45) is 3.53. The topological polar surface area (TPSA) is 33.2 Å². The zero-order chi connectivity index (χ0) is 15.0. The molecule has 0 bridgehead atoms. The Morgan fingerprint density at radius 1 is 1.38 bits per heavy atom. The molecule has 4 heteroatoms. The van der Waals surface area contributed by atoms with Gasteiger partial charge in [-0.05, 0) is 44.4 Å². The fraction of sp³-hybridized carbons (Fsp3) is 0.294. The number of nitrogens with zero attached hydrogens (tertiary/aromatic N) is 2. The van der Waals surface area contributed by atoms with Crippen molar-refractivity contribution in [3.8, 4) is 0 Å². The molecule has 3 rings (SSSR count). The van der Waals surface area contributed by atoms with E-state index in [0.717, 1.165) is 24.2 Å². The molecule has 1 unspecified atom stereocenters. The second-order valence-corrected chi connectivity index (χ2v) is 5.90. The first-order chi connectivity index (χ1) is 10.1. The lowest BCUT2D eigenvalue weighted by molar-refractivity contribution is 0.0975. The van der Waals surface area contributed by atoms with Crippen LogP contribution in [0.5, 0.6) is 0 Å². The average Bonchev–Trinajstić information content (AvgIpc) is 2.46. The van der Waals surface area contributed by atoms with Crippen LogP contribution in [-0.4, -0.2) is 16.9 Å². The third-order valence-corrected chi connectivity index (χ3v) is 4.28. The minimum Gasteiger partial charge on any atom is -0.305 e. The number of aryl methyl sites for hydroxylation is 2. The van der Waals surface area contributed by atoms with Crippen LogP contribution in [0, 0.1) is 6.92 Å². The van der Waals surface area contributed by atoms with E-state index in [1.54, 1.807) is 12.3 Å². The quantitative estimate of drug-likeness (QED) is 0.797. The number of anilines is 1. The van der Waals surface area contributed by atoms with E-state index in [9.17, 15) is 4.79 Å². The summed E-state index contributed by atoms with van der Waals surface area (Å²) >= 11 is 6.23. The maximum atomic E-state index is 12.9. The number of pyridine rings is 1. The van der Waals surface area contributed by atoms with E-state index in [0.29, 0.717) is 10.6 Å². The fourth-order valence-corrected chi connectivity index (χ4v) is 3.10. The van der Waals surface area contributed by atoms with Crippen LogP contribution >= 0.6 is 11.6 Å². The van der Waals surface area contributed by atoms with Gasteiger partial charge in [-0.15, -0.1) is 0 Å². The van der Waals surface area contributed by atoms with Crippen molar-refractivity contribution in [2.24, 2.45) is 0 Å². The van der Waals surface area contributed by atoms with Gasteiger partial charge < -0.3 is 4.90 Å². The third kappa shape index (κ3) is 2.54. The Labute approximate surface area is 129 Å². The number of halogens is 1. The first kappa shape index (κ1) is 14.1. The zero-order valence-corrected chi connectivity index (χ0v) is 12.9. The Balaban J connectivity index is 2.05. The number of hydrogen-bond donors (Lipinski definition) is 0. The van der Waals surface area contributed by atoms with Gasteiger partial charge in [0.1, 0.15) is 0 Å². The molecule has 1 aromatic heterocycles. The van der Waals surface area contributed by atoms with Crippen LogP contribution in [0.2, 0.25) is 5.02 Å². The van der Waals surface area contributed by atoms with Gasteiger partial charge >= 0.3 is 0 Å². The molecule has 0 spiro atoms. The second kappa shape index (κ2) is 5.49. The highest BCUT2D eigenvalue weighted by molar-refractivity contribution is 6.34. The van der Waals surface area contributed by atoms with Crippen LogP contribution in [0.15, 0.2) is 36.5 Å². The summed E-state index contributed by atoms with van der Waals surface area (Å²) in [5.74, 6) is -0.0767. The highest BCUT2D eigenvalue weighted by atomic mass is 35.5. The van der Waals surface area contributed by atoms with E-state index >= 15 is 0 Å². The van der Waals surface area contributed by atoms with Crippen LogP contribution in [0.1, 0.15) is 35.0 Å². The minimum absolute atomic E-state index is 0.0767. The molecule has 0 saturated heterocycles. The van der Waals surface area contributed by atoms with Crippen LogP contribution < -0.4 is 4.90 Å². The van der Waals surface area contributed by atoms with E-state index in [-0.39, 0.29) is 11.9 Å². The van der Waals surface area contributed by atoms with Gasteiger partial charge in [0.25, 0.3) is 5.91 Å². The van der Waals surface area contributed by atoms with Crippen LogP contribution in [0.25, 0.3) is 0 Å². The highest BCUT2D eigenvalue weighted by Gasteiger charge is 2.29. The Bertz CT molecular complexity index is 699. The third-order valence-electron chi connectivity index (χ3n) is 3.96. The van der Waals surface area contributed by atoms with E-state index in [4.69, 9.17) is 11.6 Å². The predicted molar refractivity (Wildman–Crippen MR) is 85.0 cm³/mol. The van der Waals surface area contributed by atoms with Gasteiger partial charge in [0, 0.05) is 23.6 Å². The molecule has 1 aliphatic rings. The van der Waals surface area contributed by atoms with Crippen molar-refractivity contribution in [1.29, 1.82) is 0 Å². The average molecular weight is 301 g/mol. The fourth-order valence-electron chi connectivity index (χ4n) is 2.81. The smallest absolute Gasteiger partial charge is 0.261 e. The van der Waals surface area contributed by atoms with Crippen LogP contribution in [0.3, 0.4) is 0 Å². The van der Waals surface area contributed by atoms with Gasteiger partial charge in [0.15, 0.2) is 0 Å². The molecular formula is C17H17ClN2O. The molecular weight excluding hydrogens is 284 g/mol. The summed E-state index contributed by atoms with van der Waals surface area (Å²) in [7, 11) is 0. The molecule has 2 aromatic rings. The molecule has 0 aliphatic carbocycles. The normalized spacial score (nSPS) is 17.5. The molecule has 1 amide bonds. The van der Waals surface area contributed by atoms with Crippen molar-refractivity contribution in [2.45, 2.75) is 32.7 Å². The monoisotopic (exact) mass is 300 g/mol. The molecule has 0 fully saturated rings. The van der Waals surface area contributed by atoms with Gasteiger partial charge in [0.05, 0.1) is 10.6 Å². The van der Waals surface area contributed by atoms with E-state index in [1.165, 1.54) is 5.56 Å². The number of fused-ring (bicyclic) bond motifs is 1. The summed E-state index contributed by atoms with van der Waals surface area (Å²) in [6, 6.07) is 9.94. The number of carbonyl (C=O) groups excluding carboxylic acids is 1. The molecule has 1 atom stereocenters. The minimum atomic E-state index is -0.0767. The van der Waals surface area contributed by atoms with Crippen molar-refractivity contribution in [1.82, 2.24) is 4.98 Å². The Hall–Kier alpha value is -1.87. The molecule has 0 saturated carbocycles. The number of amides is 1. The first-order valence-corrected chi connectivity index (χ1v) is 7.49. The lowest BCUT2D eigenvalue weighted by Gasteiger charge is -2.35. The number of para-hydroxylation sites is 1. The van der Waals surface area contributed by atoms with Gasteiger partial charge in [-0.1, -0.05) is 29.8 Å². The van der Waals surface area contributed by atoms with Crippen molar-refractivity contribution in [2.75, 3.05) is 4.90 Å². The van der Waals surface area contributed by atoms with E-state index in [1.807, 2.05) is 30.0 Å². The van der Waals surface area contributed by atoms with Crippen LogP contribution in [0.4, 0.5) is 5.69 Å². The van der Waals surface area contributed by atoms with Crippen molar-refractivity contribution < 1.29 is 4.79 Å². The zero-order valence-electron chi connectivity index (χ0n) is 12.1. The van der Waals surface area contributed by atoms with Gasteiger partial charge in [-0.2, -0.15) is 0 Å². The summed E-state index contributed by atoms with van der Waals surface area (Å²) in [6.45, 7) is 3.93. The summed E-state index contributed by atoms with van der Waals surface area (Å²) in [5.41, 5.74) is 3.47.